The van der Waals surface area contributed by atoms with Gasteiger partial charge in [-0.05, 0) is 62.9 Å². The highest BCUT2D eigenvalue weighted by molar-refractivity contribution is 5.39. The average molecular weight is 247 g/mol. The number of aryl methyl sites for hydroxylation is 3. The van der Waals surface area contributed by atoms with Crippen molar-refractivity contribution in [3.63, 3.8) is 0 Å². The fourth-order valence-corrected chi connectivity index (χ4v) is 3.25. The molecule has 2 heteroatoms. The lowest BCUT2D eigenvalue weighted by Gasteiger charge is -2.47. The fraction of sp³-hybridized carbons (Fsp3) is 0.625. The first-order valence-corrected chi connectivity index (χ1v) is 6.90. The van der Waals surface area contributed by atoms with Gasteiger partial charge in [-0.15, -0.1) is 0 Å². The average Bonchev–Trinajstić information content (AvgIpc) is 2.29. The van der Waals surface area contributed by atoms with E-state index < -0.39 is 0 Å². The molecule has 1 aliphatic rings. The Labute approximate surface area is 110 Å². The van der Waals surface area contributed by atoms with E-state index in [0.29, 0.717) is 0 Å². The number of hydrogen-bond acceptors (Lipinski definition) is 2. The van der Waals surface area contributed by atoms with E-state index in [1.807, 2.05) is 7.05 Å². The third-order valence-electron chi connectivity index (χ3n) is 4.76. The van der Waals surface area contributed by atoms with Crippen LogP contribution in [0.25, 0.3) is 0 Å². The van der Waals surface area contributed by atoms with E-state index in [0.717, 1.165) is 12.8 Å². The summed E-state index contributed by atoms with van der Waals surface area (Å²) in [5.41, 5.74) is 5.42. The van der Waals surface area contributed by atoms with Crippen molar-refractivity contribution in [2.24, 2.45) is 5.41 Å². The summed E-state index contributed by atoms with van der Waals surface area (Å²) in [4.78, 5) is 0. The van der Waals surface area contributed by atoms with Gasteiger partial charge in [-0.25, -0.2) is 0 Å². The molecule has 1 atom stereocenters. The van der Waals surface area contributed by atoms with Gasteiger partial charge in [-0.2, -0.15) is 0 Å². The molecule has 0 radical (unpaired) electrons. The van der Waals surface area contributed by atoms with Crippen LogP contribution in [0.3, 0.4) is 0 Å². The Hall–Kier alpha value is -0.860. The summed E-state index contributed by atoms with van der Waals surface area (Å²) in [6.07, 6.45) is 3.49. The quantitative estimate of drug-likeness (QED) is 0.857. The summed E-state index contributed by atoms with van der Waals surface area (Å²) in [7, 11) is 2.01. The second kappa shape index (κ2) is 5.02. The highest BCUT2D eigenvalue weighted by atomic mass is 16.3. The van der Waals surface area contributed by atoms with Gasteiger partial charge >= 0.3 is 0 Å². The second-order valence-electron chi connectivity index (χ2n) is 5.89. The zero-order chi connectivity index (χ0) is 13.3. The highest BCUT2D eigenvalue weighted by Gasteiger charge is 2.44. The molecule has 1 saturated carbocycles. The van der Waals surface area contributed by atoms with Gasteiger partial charge in [-0.3, -0.25) is 0 Å². The number of aliphatic hydroxyl groups is 1. The van der Waals surface area contributed by atoms with E-state index in [4.69, 9.17) is 0 Å². The molecule has 1 aliphatic carbocycles. The van der Waals surface area contributed by atoms with Crippen LogP contribution in [0, 0.1) is 26.2 Å². The molecule has 0 aliphatic heterocycles. The first-order chi connectivity index (χ1) is 8.54. The van der Waals surface area contributed by atoms with Gasteiger partial charge in [0.2, 0.25) is 0 Å². The molecule has 0 bridgehead atoms. The molecule has 100 valence electrons. The third-order valence-corrected chi connectivity index (χ3v) is 4.76. The molecule has 0 aromatic heterocycles. The Balaban J connectivity index is 2.42. The standard InChI is InChI=1S/C16H25NO/c1-11-8-13(3)14(9-12(11)2)15(17-4)16(10-18)6-5-7-16/h8-9,15,17-18H,5-7,10H2,1-4H3. The minimum absolute atomic E-state index is 0.0568. The Morgan fingerprint density at radius 2 is 1.78 bits per heavy atom. The number of benzene rings is 1. The van der Waals surface area contributed by atoms with Crippen molar-refractivity contribution >= 4 is 0 Å². The van der Waals surface area contributed by atoms with Gasteiger partial charge in [0, 0.05) is 11.5 Å². The molecule has 0 heterocycles. The maximum atomic E-state index is 9.77. The Morgan fingerprint density at radius 1 is 1.17 bits per heavy atom. The van der Waals surface area contributed by atoms with E-state index >= 15 is 0 Å². The summed E-state index contributed by atoms with van der Waals surface area (Å²) in [5.74, 6) is 0. The lowest BCUT2D eigenvalue weighted by molar-refractivity contribution is 0.00762. The predicted molar refractivity (Wildman–Crippen MR) is 75.8 cm³/mol. The van der Waals surface area contributed by atoms with Crippen LogP contribution in [0.15, 0.2) is 12.1 Å². The van der Waals surface area contributed by atoms with Crippen molar-refractivity contribution in [2.45, 2.75) is 46.1 Å². The van der Waals surface area contributed by atoms with Crippen LogP contribution in [-0.2, 0) is 0 Å². The SMILES string of the molecule is CNC(c1cc(C)c(C)cc1C)C1(CO)CCC1. The Kier molecular flexibility index (Phi) is 3.79. The molecular formula is C16H25NO. The van der Waals surface area contributed by atoms with Crippen LogP contribution >= 0.6 is 0 Å². The molecule has 1 aromatic rings. The summed E-state index contributed by atoms with van der Waals surface area (Å²) >= 11 is 0. The largest absolute Gasteiger partial charge is 0.396 e. The molecule has 2 rings (SSSR count). The lowest BCUT2D eigenvalue weighted by atomic mass is 9.62. The van der Waals surface area contributed by atoms with Gasteiger partial charge in [0.1, 0.15) is 0 Å². The monoisotopic (exact) mass is 247 g/mol. The molecular weight excluding hydrogens is 222 g/mol. The van der Waals surface area contributed by atoms with E-state index in [1.54, 1.807) is 0 Å². The number of nitrogens with one attached hydrogen (secondary N) is 1. The predicted octanol–water partition coefficient (Wildman–Crippen LogP) is 3.03. The summed E-state index contributed by atoms with van der Waals surface area (Å²) in [5, 5.41) is 13.2. The Morgan fingerprint density at radius 3 is 2.22 bits per heavy atom. The van der Waals surface area contributed by atoms with Crippen LogP contribution < -0.4 is 5.32 Å². The van der Waals surface area contributed by atoms with Crippen LogP contribution in [0.5, 0.6) is 0 Å². The van der Waals surface area contributed by atoms with Gasteiger partial charge in [-0.1, -0.05) is 18.6 Å². The van der Waals surface area contributed by atoms with Crippen molar-refractivity contribution in [1.29, 1.82) is 0 Å². The first kappa shape index (κ1) is 13.6. The molecule has 1 aromatic carbocycles. The van der Waals surface area contributed by atoms with E-state index in [9.17, 15) is 5.11 Å². The number of hydrogen-bond donors (Lipinski definition) is 2. The molecule has 1 unspecified atom stereocenters. The number of aliphatic hydroxyl groups excluding tert-OH is 1. The minimum Gasteiger partial charge on any atom is -0.396 e. The third kappa shape index (κ3) is 2.08. The van der Waals surface area contributed by atoms with Crippen LogP contribution in [0.4, 0.5) is 0 Å². The lowest BCUT2D eigenvalue weighted by Crippen LogP contribution is -2.45. The van der Waals surface area contributed by atoms with Crippen LogP contribution in [0.1, 0.15) is 47.6 Å². The summed E-state index contributed by atoms with van der Waals surface area (Å²) in [6.45, 7) is 6.78. The van der Waals surface area contributed by atoms with Crippen molar-refractivity contribution in [2.75, 3.05) is 13.7 Å². The van der Waals surface area contributed by atoms with Crippen molar-refractivity contribution in [1.82, 2.24) is 5.32 Å². The first-order valence-electron chi connectivity index (χ1n) is 6.90. The second-order valence-corrected chi connectivity index (χ2v) is 5.89. The van der Waals surface area contributed by atoms with Crippen LogP contribution in [-0.4, -0.2) is 18.8 Å². The summed E-state index contributed by atoms with van der Waals surface area (Å²) < 4.78 is 0. The van der Waals surface area contributed by atoms with Crippen molar-refractivity contribution in [3.05, 3.63) is 34.4 Å². The fourth-order valence-electron chi connectivity index (χ4n) is 3.25. The molecule has 2 N–H and O–H groups in total. The maximum absolute atomic E-state index is 9.77. The molecule has 1 fully saturated rings. The zero-order valence-electron chi connectivity index (χ0n) is 12.0. The molecule has 0 spiro atoms. The normalized spacial score (nSPS) is 19.4. The van der Waals surface area contributed by atoms with Gasteiger partial charge in [0.15, 0.2) is 0 Å². The maximum Gasteiger partial charge on any atom is 0.0505 e. The topological polar surface area (TPSA) is 32.3 Å². The minimum atomic E-state index is 0.0568. The zero-order valence-corrected chi connectivity index (χ0v) is 12.0. The van der Waals surface area contributed by atoms with Gasteiger partial charge < -0.3 is 10.4 Å². The smallest absolute Gasteiger partial charge is 0.0505 e. The molecule has 0 saturated heterocycles. The van der Waals surface area contributed by atoms with E-state index in [2.05, 4.69) is 38.2 Å². The molecule has 0 amide bonds. The van der Waals surface area contributed by atoms with Crippen molar-refractivity contribution < 1.29 is 5.11 Å². The van der Waals surface area contributed by atoms with E-state index in [1.165, 1.54) is 28.7 Å². The Bertz CT molecular complexity index is 429. The van der Waals surface area contributed by atoms with Gasteiger partial charge in [0.25, 0.3) is 0 Å². The number of rotatable bonds is 4. The molecule has 18 heavy (non-hydrogen) atoms. The molecule has 2 nitrogen and oxygen atoms in total. The van der Waals surface area contributed by atoms with Crippen LogP contribution in [0.2, 0.25) is 0 Å². The van der Waals surface area contributed by atoms with Gasteiger partial charge in [0.05, 0.1) is 6.61 Å². The highest BCUT2D eigenvalue weighted by Crippen LogP contribution is 2.50. The summed E-state index contributed by atoms with van der Waals surface area (Å²) in [6, 6.07) is 4.83. The van der Waals surface area contributed by atoms with E-state index in [-0.39, 0.29) is 18.1 Å². The van der Waals surface area contributed by atoms with Crippen molar-refractivity contribution in [3.8, 4) is 0 Å².